The van der Waals surface area contributed by atoms with Crippen molar-refractivity contribution in [2.45, 2.75) is 44.6 Å². The fourth-order valence-corrected chi connectivity index (χ4v) is 2.13. The van der Waals surface area contributed by atoms with Crippen LogP contribution in [-0.2, 0) is 0 Å². The highest BCUT2D eigenvalue weighted by Gasteiger charge is 2.19. The zero-order chi connectivity index (χ0) is 10.2. The Morgan fingerprint density at radius 1 is 1.43 bits per heavy atom. The largest absolute Gasteiger partial charge is 0.393 e. The predicted molar refractivity (Wildman–Crippen MR) is 60.3 cm³/mol. The minimum atomic E-state index is -0.0382. The molecule has 0 aliphatic heterocycles. The molecule has 2 unspecified atom stereocenters. The molecule has 2 heteroatoms. The zero-order valence-electron chi connectivity index (χ0n) is 9.04. The Labute approximate surface area is 87.4 Å². The first-order valence-corrected chi connectivity index (χ1v) is 5.82. The fourth-order valence-electron chi connectivity index (χ4n) is 2.13. The molecule has 0 aromatic carbocycles. The third-order valence-electron chi connectivity index (χ3n) is 2.95. The summed E-state index contributed by atoms with van der Waals surface area (Å²) in [6.07, 6.45) is 8.68. The Kier molecular flexibility index (Phi) is 5.88. The Morgan fingerprint density at radius 3 is 3.00 bits per heavy atom. The molecular formula is C12H23NO. The summed E-state index contributed by atoms with van der Waals surface area (Å²) >= 11 is 0. The van der Waals surface area contributed by atoms with Crippen molar-refractivity contribution in [2.75, 3.05) is 13.1 Å². The molecule has 1 aliphatic carbocycles. The van der Waals surface area contributed by atoms with Gasteiger partial charge >= 0.3 is 0 Å². The van der Waals surface area contributed by atoms with Crippen LogP contribution in [0.3, 0.4) is 0 Å². The first-order chi connectivity index (χ1) is 6.83. The van der Waals surface area contributed by atoms with E-state index in [1.807, 2.05) is 6.08 Å². The van der Waals surface area contributed by atoms with Crippen LogP contribution in [0.5, 0.6) is 0 Å². The molecule has 0 amide bonds. The maximum atomic E-state index is 9.48. The number of unbranched alkanes of at least 4 members (excludes halogenated alkanes) is 1. The Bertz CT molecular complexity index is 158. The van der Waals surface area contributed by atoms with Gasteiger partial charge in [-0.2, -0.15) is 0 Å². The Hall–Kier alpha value is -0.340. The lowest BCUT2D eigenvalue weighted by atomic mass is 9.87. The predicted octanol–water partition coefficient (Wildman–Crippen LogP) is 2.09. The second-order valence-corrected chi connectivity index (χ2v) is 4.32. The van der Waals surface area contributed by atoms with E-state index in [1.165, 1.54) is 19.3 Å². The normalized spacial score (nSPS) is 27.5. The molecule has 0 radical (unpaired) electrons. The summed E-state index contributed by atoms with van der Waals surface area (Å²) in [5.74, 6) is 0.697. The van der Waals surface area contributed by atoms with Crippen molar-refractivity contribution in [2.24, 2.45) is 5.92 Å². The molecule has 1 fully saturated rings. The highest BCUT2D eigenvalue weighted by atomic mass is 16.3. The van der Waals surface area contributed by atoms with Gasteiger partial charge in [-0.05, 0) is 51.1 Å². The number of aliphatic hydroxyl groups excluding tert-OH is 1. The van der Waals surface area contributed by atoms with Gasteiger partial charge in [0.25, 0.3) is 0 Å². The first kappa shape index (κ1) is 11.7. The summed E-state index contributed by atoms with van der Waals surface area (Å²) < 4.78 is 0. The summed E-state index contributed by atoms with van der Waals surface area (Å²) in [5.41, 5.74) is 0. The smallest absolute Gasteiger partial charge is 0.0543 e. The van der Waals surface area contributed by atoms with Crippen molar-refractivity contribution >= 4 is 0 Å². The second kappa shape index (κ2) is 7.02. The van der Waals surface area contributed by atoms with Crippen LogP contribution in [0.1, 0.15) is 38.5 Å². The SMILES string of the molecule is C=CCCCNCC1CCCC(O)C1. The summed E-state index contributed by atoms with van der Waals surface area (Å²) in [6, 6.07) is 0. The van der Waals surface area contributed by atoms with Crippen LogP contribution in [0.25, 0.3) is 0 Å². The van der Waals surface area contributed by atoms with E-state index in [9.17, 15) is 5.11 Å². The maximum Gasteiger partial charge on any atom is 0.0543 e. The minimum absolute atomic E-state index is 0.0382. The number of allylic oxidation sites excluding steroid dienone is 1. The summed E-state index contributed by atoms with van der Waals surface area (Å²) in [5, 5.41) is 12.9. The van der Waals surface area contributed by atoms with Crippen LogP contribution in [0.15, 0.2) is 12.7 Å². The zero-order valence-corrected chi connectivity index (χ0v) is 9.04. The van der Waals surface area contributed by atoms with Crippen LogP contribution in [0.4, 0.5) is 0 Å². The second-order valence-electron chi connectivity index (χ2n) is 4.32. The van der Waals surface area contributed by atoms with Gasteiger partial charge in [-0.3, -0.25) is 0 Å². The lowest BCUT2D eigenvalue weighted by Crippen LogP contribution is -2.29. The van der Waals surface area contributed by atoms with E-state index >= 15 is 0 Å². The molecule has 2 N–H and O–H groups in total. The van der Waals surface area contributed by atoms with E-state index < -0.39 is 0 Å². The van der Waals surface area contributed by atoms with E-state index in [-0.39, 0.29) is 6.10 Å². The third kappa shape index (κ3) is 4.77. The van der Waals surface area contributed by atoms with Gasteiger partial charge < -0.3 is 10.4 Å². The summed E-state index contributed by atoms with van der Waals surface area (Å²) in [7, 11) is 0. The number of nitrogens with one attached hydrogen (secondary N) is 1. The molecular weight excluding hydrogens is 174 g/mol. The third-order valence-corrected chi connectivity index (χ3v) is 2.95. The van der Waals surface area contributed by atoms with E-state index in [0.717, 1.165) is 32.4 Å². The molecule has 1 rings (SSSR count). The van der Waals surface area contributed by atoms with Crippen molar-refractivity contribution in [3.8, 4) is 0 Å². The standard InChI is InChI=1S/C12H23NO/c1-2-3-4-8-13-10-11-6-5-7-12(14)9-11/h2,11-14H,1,3-10H2. The number of hydrogen-bond acceptors (Lipinski definition) is 2. The van der Waals surface area contributed by atoms with Crippen molar-refractivity contribution < 1.29 is 5.11 Å². The molecule has 0 bridgehead atoms. The Morgan fingerprint density at radius 2 is 2.29 bits per heavy atom. The van der Waals surface area contributed by atoms with Gasteiger partial charge in [0.1, 0.15) is 0 Å². The van der Waals surface area contributed by atoms with Crippen LogP contribution in [-0.4, -0.2) is 24.3 Å². The molecule has 0 aromatic rings. The van der Waals surface area contributed by atoms with Crippen LogP contribution < -0.4 is 5.32 Å². The van der Waals surface area contributed by atoms with Gasteiger partial charge in [0.15, 0.2) is 0 Å². The van der Waals surface area contributed by atoms with Crippen molar-refractivity contribution in [1.82, 2.24) is 5.32 Å². The number of hydrogen-bond donors (Lipinski definition) is 2. The molecule has 82 valence electrons. The van der Waals surface area contributed by atoms with E-state index in [2.05, 4.69) is 11.9 Å². The minimum Gasteiger partial charge on any atom is -0.393 e. The molecule has 0 spiro atoms. The molecule has 2 atom stereocenters. The van der Waals surface area contributed by atoms with Crippen molar-refractivity contribution in [3.63, 3.8) is 0 Å². The lowest BCUT2D eigenvalue weighted by Gasteiger charge is -2.25. The molecule has 0 saturated heterocycles. The molecule has 14 heavy (non-hydrogen) atoms. The van der Waals surface area contributed by atoms with Gasteiger partial charge in [-0.1, -0.05) is 12.5 Å². The highest BCUT2D eigenvalue weighted by molar-refractivity contribution is 4.74. The van der Waals surface area contributed by atoms with E-state index in [0.29, 0.717) is 5.92 Å². The quantitative estimate of drug-likeness (QED) is 0.505. The van der Waals surface area contributed by atoms with Crippen molar-refractivity contribution in [1.29, 1.82) is 0 Å². The van der Waals surface area contributed by atoms with Gasteiger partial charge in [-0.15, -0.1) is 6.58 Å². The lowest BCUT2D eigenvalue weighted by molar-refractivity contribution is 0.101. The molecule has 1 aliphatic rings. The fraction of sp³-hybridized carbons (Fsp3) is 0.833. The summed E-state index contributed by atoms with van der Waals surface area (Å²) in [4.78, 5) is 0. The molecule has 0 aromatic heterocycles. The van der Waals surface area contributed by atoms with Crippen molar-refractivity contribution in [3.05, 3.63) is 12.7 Å². The van der Waals surface area contributed by atoms with Gasteiger partial charge in [0.05, 0.1) is 6.10 Å². The molecule has 2 nitrogen and oxygen atoms in total. The first-order valence-electron chi connectivity index (χ1n) is 5.82. The average Bonchev–Trinajstić information content (AvgIpc) is 2.18. The van der Waals surface area contributed by atoms with Crippen LogP contribution >= 0.6 is 0 Å². The van der Waals surface area contributed by atoms with E-state index in [4.69, 9.17) is 0 Å². The highest BCUT2D eigenvalue weighted by Crippen LogP contribution is 2.23. The average molecular weight is 197 g/mol. The van der Waals surface area contributed by atoms with Crippen LogP contribution in [0, 0.1) is 5.92 Å². The van der Waals surface area contributed by atoms with Gasteiger partial charge in [0.2, 0.25) is 0 Å². The van der Waals surface area contributed by atoms with Crippen LogP contribution in [0.2, 0.25) is 0 Å². The molecule has 1 saturated carbocycles. The van der Waals surface area contributed by atoms with Gasteiger partial charge in [-0.25, -0.2) is 0 Å². The summed E-state index contributed by atoms with van der Waals surface area (Å²) in [6.45, 7) is 5.86. The Balaban J connectivity index is 1.97. The maximum absolute atomic E-state index is 9.48. The topological polar surface area (TPSA) is 32.3 Å². The number of aliphatic hydroxyl groups is 1. The van der Waals surface area contributed by atoms with Gasteiger partial charge in [0, 0.05) is 0 Å². The molecule has 0 heterocycles. The monoisotopic (exact) mass is 197 g/mol. The van der Waals surface area contributed by atoms with E-state index in [1.54, 1.807) is 0 Å². The number of rotatable bonds is 6.